The standard InChI is InChI=1S/C23H24ClN5O4S/c1-15(30)26-17-4-3-5-18(12-17)28-23(33-2)11-10-20-21(13-23)25-14-22(27-20)29-34(31,32)19-8-6-16(24)7-9-19/h3-10,12-14,25,27-29H,11H2,1-2H3,(H,26,30). The fourth-order valence-corrected chi connectivity index (χ4v) is 4.72. The van der Waals surface area contributed by atoms with E-state index in [0.717, 1.165) is 5.69 Å². The molecule has 34 heavy (non-hydrogen) atoms. The van der Waals surface area contributed by atoms with E-state index in [2.05, 4.69) is 26.0 Å². The van der Waals surface area contributed by atoms with Crippen molar-refractivity contribution in [1.29, 1.82) is 0 Å². The van der Waals surface area contributed by atoms with Gasteiger partial charge in [-0.25, -0.2) is 8.42 Å². The highest BCUT2D eigenvalue weighted by Gasteiger charge is 2.33. The van der Waals surface area contributed by atoms with Crippen molar-refractivity contribution >= 4 is 38.9 Å². The van der Waals surface area contributed by atoms with Gasteiger partial charge in [-0.15, -0.1) is 0 Å². The third-order valence-electron chi connectivity index (χ3n) is 5.19. The van der Waals surface area contributed by atoms with Crippen molar-refractivity contribution in [3.63, 3.8) is 0 Å². The van der Waals surface area contributed by atoms with Crippen molar-refractivity contribution in [2.45, 2.75) is 24.0 Å². The van der Waals surface area contributed by atoms with Gasteiger partial charge in [-0.3, -0.25) is 9.52 Å². The molecule has 1 unspecified atom stereocenters. The molecule has 1 aliphatic carbocycles. The van der Waals surface area contributed by atoms with Crippen LogP contribution in [0.3, 0.4) is 0 Å². The van der Waals surface area contributed by atoms with Crippen molar-refractivity contribution in [2.75, 3.05) is 17.7 Å². The minimum atomic E-state index is -3.79. The summed E-state index contributed by atoms with van der Waals surface area (Å²) in [4.78, 5) is 11.5. The van der Waals surface area contributed by atoms with Gasteiger partial charge < -0.3 is 26.0 Å². The zero-order chi connectivity index (χ0) is 24.3. The lowest BCUT2D eigenvalue weighted by molar-refractivity contribution is -0.114. The third kappa shape index (κ3) is 5.36. The number of fused-ring (bicyclic) bond motifs is 1. The van der Waals surface area contributed by atoms with Crippen LogP contribution in [0.1, 0.15) is 13.3 Å². The van der Waals surface area contributed by atoms with Gasteiger partial charge in [0.1, 0.15) is 5.82 Å². The highest BCUT2D eigenvalue weighted by atomic mass is 35.5. The summed E-state index contributed by atoms with van der Waals surface area (Å²) in [5.74, 6) is 0.122. The molecule has 0 aromatic heterocycles. The molecule has 2 aliphatic rings. The predicted molar refractivity (Wildman–Crippen MR) is 131 cm³/mol. The van der Waals surface area contributed by atoms with Crippen LogP contribution in [-0.2, 0) is 19.6 Å². The van der Waals surface area contributed by atoms with Gasteiger partial charge >= 0.3 is 0 Å². The van der Waals surface area contributed by atoms with E-state index < -0.39 is 15.7 Å². The molecule has 0 saturated carbocycles. The number of sulfonamides is 1. The molecule has 1 heterocycles. The number of nitrogens with one attached hydrogen (secondary N) is 5. The number of hydrogen-bond acceptors (Lipinski definition) is 7. The van der Waals surface area contributed by atoms with Gasteiger partial charge in [0.25, 0.3) is 10.0 Å². The smallest absolute Gasteiger partial charge is 0.263 e. The molecule has 0 bridgehead atoms. The van der Waals surface area contributed by atoms with Gasteiger partial charge in [0.05, 0.1) is 16.3 Å². The normalized spacial score (nSPS) is 19.3. The molecule has 2 aromatic carbocycles. The summed E-state index contributed by atoms with van der Waals surface area (Å²) in [7, 11) is -2.19. The second-order valence-corrected chi connectivity index (χ2v) is 9.87. The number of hydrogen-bond donors (Lipinski definition) is 5. The van der Waals surface area contributed by atoms with Crippen molar-refractivity contribution < 1.29 is 17.9 Å². The van der Waals surface area contributed by atoms with Crippen LogP contribution in [0.4, 0.5) is 11.4 Å². The van der Waals surface area contributed by atoms with Crippen molar-refractivity contribution in [1.82, 2.24) is 15.4 Å². The van der Waals surface area contributed by atoms with Crippen LogP contribution >= 0.6 is 11.6 Å². The van der Waals surface area contributed by atoms with Crippen LogP contribution in [0.5, 0.6) is 0 Å². The van der Waals surface area contributed by atoms with Crippen LogP contribution in [-0.4, -0.2) is 27.2 Å². The zero-order valence-electron chi connectivity index (χ0n) is 18.5. The van der Waals surface area contributed by atoms with Gasteiger partial charge in [-0.1, -0.05) is 23.7 Å². The monoisotopic (exact) mass is 501 g/mol. The molecule has 0 spiro atoms. The van der Waals surface area contributed by atoms with Crippen LogP contribution in [0, 0.1) is 0 Å². The Labute approximate surface area is 203 Å². The van der Waals surface area contributed by atoms with Crippen LogP contribution in [0.25, 0.3) is 0 Å². The number of halogens is 1. The lowest BCUT2D eigenvalue weighted by Crippen LogP contribution is -2.44. The van der Waals surface area contributed by atoms with E-state index in [1.807, 2.05) is 30.4 Å². The first-order chi connectivity index (χ1) is 16.2. The first kappa shape index (κ1) is 23.7. The summed E-state index contributed by atoms with van der Waals surface area (Å²) in [6.45, 7) is 1.45. The van der Waals surface area contributed by atoms with Crippen LogP contribution < -0.4 is 26.0 Å². The maximum atomic E-state index is 12.7. The number of benzene rings is 2. The first-order valence-corrected chi connectivity index (χ1v) is 12.2. The van der Waals surface area contributed by atoms with Crippen LogP contribution in [0.2, 0.25) is 5.02 Å². The molecular weight excluding hydrogens is 478 g/mol. The Morgan fingerprint density at radius 1 is 1.12 bits per heavy atom. The second-order valence-electron chi connectivity index (χ2n) is 7.75. The quantitative estimate of drug-likeness (QED) is 0.369. The first-order valence-electron chi connectivity index (χ1n) is 10.3. The van der Waals surface area contributed by atoms with Crippen LogP contribution in [0.15, 0.2) is 89.0 Å². The summed E-state index contributed by atoms with van der Waals surface area (Å²) in [5.41, 5.74) is 2.00. The Hall–Kier alpha value is -3.47. The van der Waals surface area contributed by atoms with E-state index in [-0.39, 0.29) is 16.6 Å². The van der Waals surface area contributed by atoms with E-state index in [4.69, 9.17) is 16.3 Å². The Kier molecular flexibility index (Phi) is 6.56. The highest BCUT2D eigenvalue weighted by Crippen LogP contribution is 2.31. The Balaban J connectivity index is 1.50. The fourth-order valence-electron chi connectivity index (χ4n) is 3.58. The topological polar surface area (TPSA) is 121 Å². The highest BCUT2D eigenvalue weighted by molar-refractivity contribution is 7.89. The number of rotatable bonds is 7. The maximum absolute atomic E-state index is 12.7. The van der Waals surface area contributed by atoms with E-state index in [9.17, 15) is 13.2 Å². The number of anilines is 2. The maximum Gasteiger partial charge on any atom is 0.263 e. The Morgan fingerprint density at radius 2 is 1.85 bits per heavy atom. The average Bonchev–Trinajstić information content (AvgIpc) is 2.79. The third-order valence-corrected chi connectivity index (χ3v) is 6.82. The molecule has 2 aromatic rings. The van der Waals surface area contributed by atoms with Gasteiger partial charge in [0.15, 0.2) is 5.72 Å². The van der Waals surface area contributed by atoms with E-state index in [1.165, 1.54) is 37.4 Å². The van der Waals surface area contributed by atoms with E-state index in [0.29, 0.717) is 28.5 Å². The molecule has 9 nitrogen and oxygen atoms in total. The molecule has 1 atom stereocenters. The number of carbonyl (C=O) groups excluding carboxylic acids is 1. The molecule has 4 rings (SSSR count). The molecule has 5 N–H and O–H groups in total. The molecule has 11 heteroatoms. The minimum absolute atomic E-state index is 0.0997. The van der Waals surface area contributed by atoms with Gasteiger partial charge in [-0.05, 0) is 48.5 Å². The summed E-state index contributed by atoms with van der Waals surface area (Å²) >= 11 is 5.85. The molecular formula is C23H24ClN5O4S. The van der Waals surface area contributed by atoms with Crippen molar-refractivity contribution in [3.05, 3.63) is 89.1 Å². The van der Waals surface area contributed by atoms with Gasteiger partial charge in [-0.2, -0.15) is 0 Å². The number of ether oxygens (including phenoxy) is 1. The summed E-state index contributed by atoms with van der Waals surface area (Å²) < 4.78 is 33.7. The lowest BCUT2D eigenvalue weighted by atomic mass is 9.98. The number of amides is 1. The lowest BCUT2D eigenvalue weighted by Gasteiger charge is -2.36. The summed E-state index contributed by atoms with van der Waals surface area (Å²) in [6, 6.07) is 13.2. The molecule has 1 aliphatic heterocycles. The van der Waals surface area contributed by atoms with E-state index >= 15 is 0 Å². The summed E-state index contributed by atoms with van der Waals surface area (Å²) in [5, 5.41) is 12.8. The zero-order valence-corrected chi connectivity index (χ0v) is 20.0. The molecule has 178 valence electrons. The average molecular weight is 502 g/mol. The van der Waals surface area contributed by atoms with Gasteiger partial charge in [0.2, 0.25) is 5.91 Å². The van der Waals surface area contributed by atoms with E-state index in [1.54, 1.807) is 13.2 Å². The van der Waals surface area contributed by atoms with Crippen molar-refractivity contribution in [3.8, 4) is 0 Å². The Bertz CT molecular complexity index is 1300. The summed E-state index contributed by atoms with van der Waals surface area (Å²) in [6.07, 6.45) is 5.76. The number of methoxy groups -OCH3 is 1. The SMILES string of the molecule is COC1(Nc2cccc(NC(C)=O)c2)C=C2NC=C(NS(=O)(=O)c3ccc(Cl)cc3)NC2=CC1. The molecule has 0 fully saturated rings. The predicted octanol–water partition coefficient (Wildman–Crippen LogP) is 3.19. The fraction of sp³-hybridized carbons (Fsp3) is 0.174. The number of carbonyl (C=O) groups is 1. The Morgan fingerprint density at radius 3 is 2.56 bits per heavy atom. The molecule has 0 saturated heterocycles. The molecule has 0 radical (unpaired) electrons. The largest absolute Gasteiger partial charge is 0.357 e. The van der Waals surface area contributed by atoms with Crippen molar-refractivity contribution in [2.24, 2.45) is 0 Å². The second kappa shape index (κ2) is 9.41. The minimum Gasteiger partial charge on any atom is -0.357 e. The van der Waals surface area contributed by atoms with Gasteiger partial charge in [0, 0.05) is 43.1 Å². The molecule has 1 amide bonds.